The minimum Gasteiger partial charge on any atom is -0.492 e. The maximum Gasteiger partial charge on any atom is 0.265 e. The van der Waals surface area contributed by atoms with E-state index >= 15 is 0 Å². The number of methoxy groups -OCH3 is 1. The largest absolute Gasteiger partial charge is 0.492 e. The molecule has 1 amide bonds. The van der Waals surface area contributed by atoms with E-state index < -0.39 is 0 Å². The lowest BCUT2D eigenvalue weighted by molar-refractivity contribution is 0.0833. The second-order valence-corrected chi connectivity index (χ2v) is 6.56. The van der Waals surface area contributed by atoms with E-state index in [-0.39, 0.29) is 5.91 Å². The van der Waals surface area contributed by atoms with Gasteiger partial charge < -0.3 is 20.3 Å². The van der Waals surface area contributed by atoms with Gasteiger partial charge in [0.1, 0.15) is 15.6 Å². The van der Waals surface area contributed by atoms with Crippen LogP contribution in [0.25, 0.3) is 0 Å². The average Bonchev–Trinajstić information content (AvgIpc) is 2.69. The van der Waals surface area contributed by atoms with Gasteiger partial charge in [0, 0.05) is 27.7 Å². The van der Waals surface area contributed by atoms with Crippen LogP contribution in [0.3, 0.4) is 0 Å². The fraction of sp³-hybridized carbons (Fsp3) is 0.643. The summed E-state index contributed by atoms with van der Waals surface area (Å²) in [6.45, 7) is 0.992. The number of thiophene rings is 1. The second kappa shape index (κ2) is 5.91. The molecule has 112 valence electrons. The predicted octanol–water partition coefficient (Wildman–Crippen LogP) is 2.28. The van der Waals surface area contributed by atoms with Crippen LogP contribution in [0.15, 0.2) is 0 Å². The van der Waals surface area contributed by atoms with Crippen LogP contribution in [0, 0.1) is 5.92 Å². The van der Waals surface area contributed by atoms with E-state index in [9.17, 15) is 4.79 Å². The zero-order chi connectivity index (χ0) is 14.9. The maximum atomic E-state index is 12.1. The molecule has 0 saturated heterocycles. The standard InChI is InChI=1S/C14H23N3O2S/c1-16(2)13(18)12-10(15)11(19-4)14(20-12)17(3)8-9-6-5-7-9/h9H,5-8,15H2,1-4H3. The summed E-state index contributed by atoms with van der Waals surface area (Å²) in [6, 6.07) is 0. The van der Waals surface area contributed by atoms with Crippen LogP contribution in [0.1, 0.15) is 28.9 Å². The average molecular weight is 297 g/mol. The first-order valence-electron chi connectivity index (χ1n) is 6.84. The monoisotopic (exact) mass is 297 g/mol. The second-order valence-electron chi connectivity index (χ2n) is 5.56. The number of nitrogens with zero attached hydrogens (tertiary/aromatic N) is 2. The number of hydrogen-bond acceptors (Lipinski definition) is 5. The summed E-state index contributed by atoms with van der Waals surface area (Å²) in [5, 5.41) is 0.946. The van der Waals surface area contributed by atoms with E-state index in [2.05, 4.69) is 4.90 Å². The van der Waals surface area contributed by atoms with Crippen LogP contribution in [-0.2, 0) is 0 Å². The Labute approximate surface area is 124 Å². The van der Waals surface area contributed by atoms with Gasteiger partial charge in [-0.05, 0) is 18.8 Å². The molecular formula is C14H23N3O2S. The summed E-state index contributed by atoms with van der Waals surface area (Å²) in [4.78, 5) is 16.4. The van der Waals surface area contributed by atoms with Gasteiger partial charge in [0.15, 0.2) is 5.75 Å². The lowest BCUT2D eigenvalue weighted by Gasteiger charge is -2.30. The molecule has 1 aromatic rings. The molecule has 0 aliphatic heterocycles. The highest BCUT2D eigenvalue weighted by Crippen LogP contribution is 2.45. The third-order valence-electron chi connectivity index (χ3n) is 3.79. The quantitative estimate of drug-likeness (QED) is 0.906. The Morgan fingerprint density at radius 3 is 2.50 bits per heavy atom. The van der Waals surface area contributed by atoms with Crippen molar-refractivity contribution < 1.29 is 9.53 Å². The minimum absolute atomic E-state index is 0.0749. The van der Waals surface area contributed by atoms with Crippen LogP contribution >= 0.6 is 11.3 Å². The molecule has 0 spiro atoms. The van der Waals surface area contributed by atoms with Crippen molar-refractivity contribution in [3.8, 4) is 5.75 Å². The molecule has 0 unspecified atom stereocenters. The summed E-state index contributed by atoms with van der Waals surface area (Å²) in [6.07, 6.45) is 3.90. The van der Waals surface area contributed by atoms with Gasteiger partial charge in [-0.3, -0.25) is 4.79 Å². The number of carbonyl (C=O) groups excluding carboxylic acids is 1. The van der Waals surface area contributed by atoms with E-state index in [0.717, 1.165) is 17.5 Å². The molecule has 0 bridgehead atoms. The third kappa shape index (κ3) is 2.70. The van der Waals surface area contributed by atoms with Crippen LogP contribution in [0.4, 0.5) is 10.7 Å². The van der Waals surface area contributed by atoms with Crippen molar-refractivity contribution in [2.75, 3.05) is 45.4 Å². The van der Waals surface area contributed by atoms with E-state index in [1.165, 1.54) is 35.5 Å². The van der Waals surface area contributed by atoms with Crippen LogP contribution in [-0.4, -0.2) is 45.6 Å². The summed E-state index contributed by atoms with van der Waals surface area (Å²) in [5.41, 5.74) is 6.53. The summed E-state index contributed by atoms with van der Waals surface area (Å²) < 4.78 is 5.41. The number of amides is 1. The highest BCUT2D eigenvalue weighted by atomic mass is 32.1. The van der Waals surface area contributed by atoms with E-state index in [1.54, 1.807) is 21.2 Å². The van der Waals surface area contributed by atoms with Gasteiger partial charge in [-0.2, -0.15) is 0 Å². The van der Waals surface area contributed by atoms with Gasteiger partial charge in [-0.1, -0.05) is 6.42 Å². The van der Waals surface area contributed by atoms with Crippen molar-refractivity contribution in [1.82, 2.24) is 4.90 Å². The number of ether oxygens (including phenoxy) is 1. The number of carbonyl (C=O) groups is 1. The van der Waals surface area contributed by atoms with E-state index in [4.69, 9.17) is 10.5 Å². The molecule has 1 fully saturated rings. The highest BCUT2D eigenvalue weighted by molar-refractivity contribution is 7.19. The third-order valence-corrected chi connectivity index (χ3v) is 5.08. The fourth-order valence-electron chi connectivity index (χ4n) is 2.37. The van der Waals surface area contributed by atoms with Crippen molar-refractivity contribution >= 4 is 27.9 Å². The van der Waals surface area contributed by atoms with Crippen LogP contribution < -0.4 is 15.4 Å². The van der Waals surface area contributed by atoms with Gasteiger partial charge in [-0.25, -0.2) is 0 Å². The van der Waals surface area contributed by atoms with Gasteiger partial charge >= 0.3 is 0 Å². The fourth-order valence-corrected chi connectivity index (χ4v) is 3.55. The lowest BCUT2D eigenvalue weighted by Crippen LogP contribution is -2.28. The first kappa shape index (κ1) is 15.0. The van der Waals surface area contributed by atoms with Gasteiger partial charge in [0.2, 0.25) is 0 Å². The Kier molecular flexibility index (Phi) is 4.42. The summed E-state index contributed by atoms with van der Waals surface area (Å²) in [7, 11) is 7.09. The Morgan fingerprint density at radius 2 is 2.05 bits per heavy atom. The number of nitrogen functional groups attached to an aromatic ring is 1. The van der Waals surface area contributed by atoms with Crippen molar-refractivity contribution in [1.29, 1.82) is 0 Å². The van der Waals surface area contributed by atoms with Gasteiger partial charge in [0.05, 0.1) is 7.11 Å². The summed E-state index contributed by atoms with van der Waals surface area (Å²) in [5.74, 6) is 1.30. The zero-order valence-corrected chi connectivity index (χ0v) is 13.4. The zero-order valence-electron chi connectivity index (χ0n) is 12.6. The number of rotatable bonds is 5. The molecule has 2 N–H and O–H groups in total. The molecule has 0 atom stereocenters. The highest BCUT2D eigenvalue weighted by Gasteiger charge is 2.27. The molecule has 20 heavy (non-hydrogen) atoms. The molecule has 5 nitrogen and oxygen atoms in total. The topological polar surface area (TPSA) is 58.8 Å². The maximum absolute atomic E-state index is 12.1. The van der Waals surface area contributed by atoms with Gasteiger partial charge in [0.25, 0.3) is 5.91 Å². The Balaban J connectivity index is 2.27. The molecule has 0 aromatic carbocycles. The molecule has 1 aliphatic carbocycles. The first-order chi connectivity index (χ1) is 9.45. The smallest absolute Gasteiger partial charge is 0.265 e. The van der Waals surface area contributed by atoms with E-state index in [0.29, 0.717) is 16.3 Å². The first-order valence-corrected chi connectivity index (χ1v) is 7.66. The van der Waals surface area contributed by atoms with Crippen molar-refractivity contribution in [3.05, 3.63) is 4.88 Å². The SMILES string of the molecule is COc1c(N(C)CC2CCC2)sc(C(=O)N(C)C)c1N. The normalized spacial score (nSPS) is 14.8. The van der Waals surface area contributed by atoms with E-state index in [1.807, 2.05) is 7.05 Å². The number of anilines is 2. The summed E-state index contributed by atoms with van der Waals surface area (Å²) >= 11 is 1.42. The predicted molar refractivity (Wildman–Crippen MR) is 83.9 cm³/mol. The van der Waals surface area contributed by atoms with Crippen LogP contribution in [0.2, 0.25) is 0 Å². The molecule has 6 heteroatoms. The van der Waals surface area contributed by atoms with Gasteiger partial charge in [-0.15, -0.1) is 11.3 Å². The molecule has 2 rings (SSSR count). The van der Waals surface area contributed by atoms with Crippen LogP contribution in [0.5, 0.6) is 5.75 Å². The van der Waals surface area contributed by atoms with Crippen molar-refractivity contribution in [3.63, 3.8) is 0 Å². The molecular weight excluding hydrogens is 274 g/mol. The Bertz CT molecular complexity index is 495. The number of nitrogens with two attached hydrogens (primary N) is 1. The molecule has 1 aromatic heterocycles. The Morgan fingerprint density at radius 1 is 1.40 bits per heavy atom. The number of hydrogen-bond donors (Lipinski definition) is 1. The molecule has 0 radical (unpaired) electrons. The molecule has 1 saturated carbocycles. The molecule has 1 aliphatic rings. The Hall–Kier alpha value is -1.43. The molecule has 1 heterocycles. The van der Waals surface area contributed by atoms with Crippen molar-refractivity contribution in [2.24, 2.45) is 5.92 Å². The van der Waals surface area contributed by atoms with Crippen molar-refractivity contribution in [2.45, 2.75) is 19.3 Å². The lowest BCUT2D eigenvalue weighted by atomic mass is 9.85. The minimum atomic E-state index is -0.0749.